The van der Waals surface area contributed by atoms with E-state index in [4.69, 9.17) is 4.74 Å². The second kappa shape index (κ2) is 6.45. The first-order valence-corrected chi connectivity index (χ1v) is 6.78. The zero-order valence-corrected chi connectivity index (χ0v) is 11.3. The average Bonchev–Trinajstić information content (AvgIpc) is 2.48. The monoisotopic (exact) mass is 280 g/mol. The van der Waals surface area contributed by atoms with Gasteiger partial charge in [0.2, 0.25) is 0 Å². The highest BCUT2D eigenvalue weighted by molar-refractivity contribution is 5.95. The maximum Gasteiger partial charge on any atom is 0.162 e. The molecule has 1 fully saturated rings. The molecule has 1 saturated heterocycles. The van der Waals surface area contributed by atoms with E-state index in [9.17, 15) is 20.1 Å². The molecule has 1 aliphatic rings. The number of hydrogen-bond donors (Lipinski definition) is 3. The van der Waals surface area contributed by atoms with E-state index in [0.717, 1.165) is 0 Å². The molecule has 1 aromatic carbocycles. The van der Waals surface area contributed by atoms with Crippen molar-refractivity contribution in [1.29, 1.82) is 0 Å². The minimum atomic E-state index is -1.24. The minimum Gasteiger partial charge on any atom is -0.388 e. The van der Waals surface area contributed by atoms with Crippen molar-refractivity contribution >= 4 is 5.78 Å². The van der Waals surface area contributed by atoms with Crippen molar-refractivity contribution < 1.29 is 24.9 Å². The molecule has 0 aliphatic carbocycles. The maximum absolute atomic E-state index is 12.0. The predicted molar refractivity (Wildman–Crippen MR) is 72.4 cm³/mol. The molecule has 0 spiro atoms. The van der Waals surface area contributed by atoms with Crippen molar-refractivity contribution in [2.45, 2.75) is 50.3 Å². The summed E-state index contributed by atoms with van der Waals surface area (Å²) in [6.07, 6.45) is -4.20. The Balaban J connectivity index is 1.92. The quantitative estimate of drug-likeness (QED) is 0.700. The molecule has 0 saturated carbocycles. The first-order valence-electron chi connectivity index (χ1n) is 6.78. The maximum atomic E-state index is 12.0. The minimum absolute atomic E-state index is 0.0327. The van der Waals surface area contributed by atoms with Crippen LogP contribution >= 0.6 is 0 Å². The van der Waals surface area contributed by atoms with Gasteiger partial charge in [-0.3, -0.25) is 4.79 Å². The molecule has 0 amide bonds. The van der Waals surface area contributed by atoms with Gasteiger partial charge in [0.1, 0.15) is 18.3 Å². The Labute approximate surface area is 117 Å². The van der Waals surface area contributed by atoms with Crippen LogP contribution in [0, 0.1) is 0 Å². The molecule has 3 N–H and O–H groups in total. The lowest BCUT2D eigenvalue weighted by Crippen LogP contribution is -2.56. The van der Waals surface area contributed by atoms with E-state index < -0.39 is 30.5 Å². The number of benzene rings is 1. The fourth-order valence-electron chi connectivity index (χ4n) is 2.42. The first-order chi connectivity index (χ1) is 9.50. The van der Waals surface area contributed by atoms with Gasteiger partial charge in [0.25, 0.3) is 0 Å². The van der Waals surface area contributed by atoms with Gasteiger partial charge in [0.05, 0.1) is 12.2 Å². The fraction of sp³-hybridized carbons (Fsp3) is 0.533. The standard InChI is InChI=1S/C15H20O5/c1-9-13(17)15(19)14(18)12(20-9)8-7-11(16)10-5-3-2-4-6-10/h2-6,9,12-15,17-19H,7-8H2,1H3/t9?,12-,13-,14?,15+/m1/s1. The van der Waals surface area contributed by atoms with Crippen molar-refractivity contribution in [2.75, 3.05) is 0 Å². The summed E-state index contributed by atoms with van der Waals surface area (Å²) in [4.78, 5) is 12.0. The zero-order valence-electron chi connectivity index (χ0n) is 11.3. The van der Waals surface area contributed by atoms with Gasteiger partial charge in [0, 0.05) is 12.0 Å². The third-order valence-electron chi connectivity index (χ3n) is 3.70. The molecule has 0 aromatic heterocycles. The highest BCUT2D eigenvalue weighted by atomic mass is 16.5. The Morgan fingerprint density at radius 2 is 1.75 bits per heavy atom. The van der Waals surface area contributed by atoms with Crippen LogP contribution in [0.5, 0.6) is 0 Å². The molecule has 20 heavy (non-hydrogen) atoms. The molecule has 1 heterocycles. The number of rotatable bonds is 4. The summed E-state index contributed by atoms with van der Waals surface area (Å²) in [5, 5.41) is 29.2. The van der Waals surface area contributed by atoms with Crippen LogP contribution in [0.3, 0.4) is 0 Å². The molecule has 5 nitrogen and oxygen atoms in total. The van der Waals surface area contributed by atoms with Crippen molar-refractivity contribution in [1.82, 2.24) is 0 Å². The second-order valence-electron chi connectivity index (χ2n) is 5.18. The van der Waals surface area contributed by atoms with Crippen LogP contribution < -0.4 is 0 Å². The van der Waals surface area contributed by atoms with Gasteiger partial charge < -0.3 is 20.1 Å². The summed E-state index contributed by atoms with van der Waals surface area (Å²) in [6, 6.07) is 8.90. The van der Waals surface area contributed by atoms with E-state index in [2.05, 4.69) is 0 Å². The highest BCUT2D eigenvalue weighted by Crippen LogP contribution is 2.24. The Kier molecular flexibility index (Phi) is 4.88. The zero-order chi connectivity index (χ0) is 14.7. The Hall–Kier alpha value is -1.27. The van der Waals surface area contributed by atoms with E-state index in [0.29, 0.717) is 12.0 Å². The molecule has 5 heteroatoms. The van der Waals surface area contributed by atoms with Crippen LogP contribution in [0.25, 0.3) is 0 Å². The summed E-state index contributed by atoms with van der Waals surface area (Å²) in [5.74, 6) is -0.0327. The fourth-order valence-corrected chi connectivity index (χ4v) is 2.42. The first kappa shape index (κ1) is 15.1. The van der Waals surface area contributed by atoms with Crippen molar-refractivity contribution in [3.05, 3.63) is 35.9 Å². The number of aliphatic hydroxyl groups is 3. The van der Waals surface area contributed by atoms with Crippen LogP contribution in [0.1, 0.15) is 30.1 Å². The Morgan fingerprint density at radius 3 is 2.40 bits per heavy atom. The van der Waals surface area contributed by atoms with Gasteiger partial charge in [-0.15, -0.1) is 0 Å². The molecule has 110 valence electrons. The molecule has 2 rings (SSSR count). The summed E-state index contributed by atoms with van der Waals surface area (Å²) >= 11 is 0. The van der Waals surface area contributed by atoms with E-state index in [-0.39, 0.29) is 12.2 Å². The van der Waals surface area contributed by atoms with Gasteiger partial charge in [-0.25, -0.2) is 0 Å². The molecular formula is C15H20O5. The van der Waals surface area contributed by atoms with Crippen LogP contribution in [0.15, 0.2) is 30.3 Å². The third kappa shape index (κ3) is 3.24. The van der Waals surface area contributed by atoms with Crippen molar-refractivity contribution in [3.8, 4) is 0 Å². The van der Waals surface area contributed by atoms with E-state index >= 15 is 0 Å². The normalized spacial score (nSPS) is 33.9. The average molecular weight is 280 g/mol. The van der Waals surface area contributed by atoms with Gasteiger partial charge in [-0.1, -0.05) is 30.3 Å². The smallest absolute Gasteiger partial charge is 0.162 e. The summed E-state index contributed by atoms with van der Waals surface area (Å²) in [5.41, 5.74) is 0.617. The molecular weight excluding hydrogens is 260 g/mol. The number of ether oxygens (including phenoxy) is 1. The van der Waals surface area contributed by atoms with E-state index in [1.807, 2.05) is 6.07 Å². The number of Topliss-reactive ketones (excluding diaryl/α,β-unsaturated/α-hetero) is 1. The third-order valence-corrected chi connectivity index (χ3v) is 3.70. The second-order valence-corrected chi connectivity index (χ2v) is 5.18. The number of hydrogen-bond acceptors (Lipinski definition) is 5. The topological polar surface area (TPSA) is 87.0 Å². The SMILES string of the molecule is CC1O[C@H](CCC(=O)c2ccccc2)C(O)[C@@H](O)[C@@H]1O. The van der Waals surface area contributed by atoms with Crippen molar-refractivity contribution in [2.24, 2.45) is 0 Å². The summed E-state index contributed by atoms with van der Waals surface area (Å²) < 4.78 is 5.46. The lowest BCUT2D eigenvalue weighted by atomic mass is 9.92. The van der Waals surface area contributed by atoms with Crippen LogP contribution in [-0.2, 0) is 4.74 Å². The number of ketones is 1. The molecule has 2 unspecified atom stereocenters. The molecule has 0 bridgehead atoms. The van der Waals surface area contributed by atoms with Gasteiger partial charge in [-0.2, -0.15) is 0 Å². The van der Waals surface area contributed by atoms with Gasteiger partial charge in [0.15, 0.2) is 5.78 Å². The molecule has 1 aliphatic heterocycles. The van der Waals surface area contributed by atoms with Gasteiger partial charge >= 0.3 is 0 Å². The van der Waals surface area contributed by atoms with E-state index in [1.165, 1.54) is 0 Å². The van der Waals surface area contributed by atoms with Crippen molar-refractivity contribution in [3.63, 3.8) is 0 Å². The molecule has 0 radical (unpaired) electrons. The van der Waals surface area contributed by atoms with Crippen LogP contribution in [0.2, 0.25) is 0 Å². The predicted octanol–water partition coefficient (Wildman–Crippen LogP) is 0.519. The van der Waals surface area contributed by atoms with Crippen LogP contribution in [0.4, 0.5) is 0 Å². The van der Waals surface area contributed by atoms with Gasteiger partial charge in [-0.05, 0) is 13.3 Å². The number of aliphatic hydroxyl groups excluding tert-OH is 3. The van der Waals surface area contributed by atoms with E-state index in [1.54, 1.807) is 31.2 Å². The summed E-state index contributed by atoms with van der Waals surface area (Å²) in [6.45, 7) is 1.63. The molecule has 1 aromatic rings. The van der Waals surface area contributed by atoms with Crippen LogP contribution in [-0.4, -0.2) is 51.6 Å². The number of carbonyl (C=O) groups is 1. The summed E-state index contributed by atoms with van der Waals surface area (Å²) in [7, 11) is 0. The molecule has 5 atom stereocenters. The largest absolute Gasteiger partial charge is 0.388 e. The lowest BCUT2D eigenvalue weighted by Gasteiger charge is -2.39. The highest BCUT2D eigenvalue weighted by Gasteiger charge is 2.41. The lowest BCUT2D eigenvalue weighted by molar-refractivity contribution is -0.217. The Bertz CT molecular complexity index is 447. The number of carbonyl (C=O) groups excluding carboxylic acids is 1. The Morgan fingerprint density at radius 1 is 1.10 bits per heavy atom.